The number of hydrogen-bond donors (Lipinski definition) is 0. The molecule has 0 spiro atoms. The van der Waals surface area contributed by atoms with Crippen molar-refractivity contribution in [1.29, 1.82) is 0 Å². The second kappa shape index (κ2) is 17.1. The third-order valence-corrected chi connectivity index (χ3v) is 13.4. The second-order valence-electron chi connectivity index (χ2n) is 17.8. The van der Waals surface area contributed by atoms with Gasteiger partial charge in [0.15, 0.2) is 0 Å². The van der Waals surface area contributed by atoms with Gasteiger partial charge in [-0.25, -0.2) is 4.98 Å². The fourth-order valence-corrected chi connectivity index (χ4v) is 10.3. The number of pyridine rings is 2. The van der Waals surface area contributed by atoms with Crippen LogP contribution in [0, 0.1) is 31.9 Å². The third-order valence-electron chi connectivity index (χ3n) is 11.4. The van der Waals surface area contributed by atoms with Crippen LogP contribution in [-0.4, -0.2) is 37.6 Å². The molecule has 0 aliphatic carbocycles. The Morgan fingerprint density at radius 2 is 1.40 bits per heavy atom. The maximum atomic E-state index is 6.41. The summed E-state index contributed by atoms with van der Waals surface area (Å²) in [4.78, 5) is 23.6. The van der Waals surface area contributed by atoms with Crippen LogP contribution in [0.15, 0.2) is 120 Å². The Balaban J connectivity index is 0.000000214. The molecular formula is C53H50IrN6OSi-2. The van der Waals surface area contributed by atoms with Gasteiger partial charge in [0.25, 0.3) is 0 Å². The minimum Gasteiger partial charge on any atom is -0.486 e. The molecule has 0 aliphatic rings. The van der Waals surface area contributed by atoms with Crippen LogP contribution in [0.1, 0.15) is 56.3 Å². The Labute approximate surface area is 378 Å². The van der Waals surface area contributed by atoms with Gasteiger partial charge in [-0.3, -0.25) is 9.97 Å². The Kier molecular flexibility index (Phi) is 11.8. The zero-order valence-corrected chi connectivity index (χ0v) is 40.2. The first kappa shape index (κ1) is 42.8. The van der Waals surface area contributed by atoms with Crippen molar-refractivity contribution in [2.45, 2.75) is 73.5 Å². The summed E-state index contributed by atoms with van der Waals surface area (Å²) in [7, 11) is -1.34. The van der Waals surface area contributed by atoms with Crippen molar-refractivity contribution in [1.82, 2.24) is 29.5 Å². The van der Waals surface area contributed by atoms with Gasteiger partial charge in [0, 0.05) is 49.0 Å². The summed E-state index contributed by atoms with van der Waals surface area (Å²) >= 11 is 0. The van der Waals surface area contributed by atoms with Crippen LogP contribution in [-0.2, 0) is 26.5 Å². The van der Waals surface area contributed by atoms with Gasteiger partial charge in [-0.2, -0.15) is 4.98 Å². The van der Waals surface area contributed by atoms with Crippen LogP contribution in [0.2, 0.25) is 19.6 Å². The number of imidazole rings is 1. The molecular weight excluding hydrogens is 957 g/mol. The summed E-state index contributed by atoms with van der Waals surface area (Å²) in [6.07, 6.45) is 7.00. The molecule has 0 saturated heterocycles. The van der Waals surface area contributed by atoms with Crippen LogP contribution in [0.25, 0.3) is 83.0 Å². The molecule has 0 saturated carbocycles. The molecule has 0 N–H and O–H groups in total. The zero-order chi connectivity index (χ0) is 42.6. The SMILES string of the molecule is CC(C)Cc1cc(-c2[c-]cccc2)ncc1[Si](C)(C)C.Cc1cc2nc(-c3[c-]ccc4c3oc3nc(C)ncc34)n(-c3c(C(C)C)c4ccccc4c4ccccc34)c2cn1.[Ir]. The van der Waals surface area contributed by atoms with Crippen molar-refractivity contribution in [2.24, 2.45) is 5.92 Å². The van der Waals surface area contributed by atoms with Gasteiger partial charge >= 0.3 is 0 Å². The van der Waals surface area contributed by atoms with E-state index in [1.807, 2.05) is 62.6 Å². The topological polar surface area (TPSA) is 82.5 Å². The van der Waals surface area contributed by atoms with Gasteiger partial charge in [0.2, 0.25) is 5.71 Å². The Morgan fingerprint density at radius 3 is 2.10 bits per heavy atom. The number of furan rings is 1. The fourth-order valence-electron chi connectivity index (χ4n) is 8.71. The molecule has 0 bridgehead atoms. The van der Waals surface area contributed by atoms with Gasteiger partial charge in [0.05, 0.1) is 42.4 Å². The van der Waals surface area contributed by atoms with E-state index in [0.29, 0.717) is 23.0 Å². The number of rotatable bonds is 7. The Hall–Kier alpha value is -5.86. The maximum absolute atomic E-state index is 6.41. The molecule has 313 valence electrons. The smallest absolute Gasteiger partial charge is 0.219 e. The molecule has 0 atom stereocenters. The summed E-state index contributed by atoms with van der Waals surface area (Å²) in [6, 6.07) is 40.4. The van der Waals surface area contributed by atoms with Crippen molar-refractivity contribution in [3.8, 4) is 28.3 Å². The van der Waals surface area contributed by atoms with Gasteiger partial charge in [-0.05, 0) is 70.8 Å². The Morgan fingerprint density at radius 1 is 0.694 bits per heavy atom. The molecule has 0 aliphatic heterocycles. The molecule has 10 aromatic rings. The van der Waals surface area contributed by atoms with Gasteiger partial charge in [-0.15, -0.1) is 54.1 Å². The van der Waals surface area contributed by atoms with Crippen LogP contribution >= 0.6 is 0 Å². The van der Waals surface area contributed by atoms with Crippen LogP contribution in [0.4, 0.5) is 0 Å². The molecule has 10 rings (SSSR count). The van der Waals surface area contributed by atoms with Crippen molar-refractivity contribution in [2.75, 3.05) is 0 Å². The molecule has 0 amide bonds. The summed E-state index contributed by atoms with van der Waals surface area (Å²) in [5.41, 5.74) is 10.7. The van der Waals surface area contributed by atoms with E-state index in [1.54, 1.807) is 0 Å². The van der Waals surface area contributed by atoms with Crippen molar-refractivity contribution < 1.29 is 24.5 Å². The van der Waals surface area contributed by atoms with E-state index in [2.05, 4.69) is 146 Å². The van der Waals surface area contributed by atoms with E-state index in [0.717, 1.165) is 67.6 Å². The number of fused-ring (bicyclic) bond motifs is 7. The minimum atomic E-state index is -1.34. The summed E-state index contributed by atoms with van der Waals surface area (Å²) < 4.78 is 8.68. The van der Waals surface area contributed by atoms with Crippen molar-refractivity contribution in [3.05, 3.63) is 150 Å². The number of hydrogen-bond acceptors (Lipinski definition) is 6. The number of benzene rings is 5. The molecule has 5 heterocycles. The van der Waals surface area contributed by atoms with Crippen LogP contribution < -0.4 is 5.19 Å². The predicted molar refractivity (Wildman–Crippen MR) is 255 cm³/mol. The van der Waals surface area contributed by atoms with E-state index in [4.69, 9.17) is 14.4 Å². The molecule has 9 heteroatoms. The number of aryl methyl sites for hydroxylation is 2. The Bertz CT molecular complexity index is 3260. The summed E-state index contributed by atoms with van der Waals surface area (Å²) in [5, 5.41) is 8.15. The molecule has 5 aromatic heterocycles. The molecule has 0 unspecified atom stereocenters. The second-order valence-corrected chi connectivity index (χ2v) is 22.8. The predicted octanol–water partition coefficient (Wildman–Crippen LogP) is 12.9. The standard InChI is InChI=1S/C35H26N5O.C18H24NSi.Ir/c1-19(2)31-24-12-7-5-10-22(24)23-11-6-8-13-25(23)32(31)40-30-18-36-20(3)16-29(30)39-34(40)27-15-9-14-26-28-17-37-21(4)38-35(28)41-33(26)27;1-14(2)11-16-12-17(15-9-7-6-8-10-15)19-13-18(16)20(3,4)5;/h5-14,16-19H,1-4H3;6-9,12-14H,11H2,1-5H3;/q2*-1;. The van der Waals surface area contributed by atoms with E-state index in [9.17, 15) is 0 Å². The average molecular weight is 1010 g/mol. The van der Waals surface area contributed by atoms with E-state index in [1.165, 1.54) is 32.5 Å². The van der Waals surface area contributed by atoms with E-state index >= 15 is 0 Å². The average Bonchev–Trinajstić information content (AvgIpc) is 3.80. The number of nitrogens with zero attached hydrogens (tertiary/aromatic N) is 6. The molecule has 1 radical (unpaired) electrons. The minimum absolute atomic E-state index is 0. The zero-order valence-electron chi connectivity index (χ0n) is 36.8. The molecule has 0 fully saturated rings. The first-order valence-electron chi connectivity index (χ1n) is 21.2. The first-order valence-corrected chi connectivity index (χ1v) is 24.7. The normalized spacial score (nSPS) is 11.9. The summed E-state index contributed by atoms with van der Waals surface area (Å²) in [5.74, 6) is 2.33. The van der Waals surface area contributed by atoms with Gasteiger partial charge in [0.1, 0.15) is 5.82 Å². The third kappa shape index (κ3) is 7.90. The van der Waals surface area contributed by atoms with Crippen molar-refractivity contribution >= 4 is 67.9 Å². The fraction of sp³-hybridized carbons (Fsp3) is 0.226. The first-order chi connectivity index (χ1) is 29.4. The quantitative estimate of drug-likeness (QED) is 0.0899. The maximum Gasteiger partial charge on any atom is 0.219 e. The number of aromatic nitrogens is 6. The van der Waals surface area contributed by atoms with E-state index in [-0.39, 0.29) is 26.0 Å². The molecule has 5 aromatic carbocycles. The monoisotopic (exact) mass is 1010 g/mol. The van der Waals surface area contributed by atoms with Crippen LogP contribution in [0.3, 0.4) is 0 Å². The van der Waals surface area contributed by atoms with Gasteiger partial charge in [-0.1, -0.05) is 118 Å². The van der Waals surface area contributed by atoms with Crippen molar-refractivity contribution in [3.63, 3.8) is 0 Å². The summed E-state index contributed by atoms with van der Waals surface area (Å²) in [6.45, 7) is 20.1. The van der Waals surface area contributed by atoms with Gasteiger partial charge < -0.3 is 14.0 Å². The molecule has 62 heavy (non-hydrogen) atoms. The largest absolute Gasteiger partial charge is 0.486 e. The van der Waals surface area contributed by atoms with E-state index < -0.39 is 8.07 Å². The molecule has 7 nitrogen and oxygen atoms in total. The van der Waals surface area contributed by atoms with Crippen LogP contribution in [0.5, 0.6) is 0 Å².